The number of hydrogen-bond donors (Lipinski definition) is 0. The van der Waals surface area contributed by atoms with Crippen LogP contribution in [0.3, 0.4) is 0 Å². The zero-order valence-corrected chi connectivity index (χ0v) is 9.00. The van der Waals surface area contributed by atoms with Gasteiger partial charge in [-0.2, -0.15) is 0 Å². The third kappa shape index (κ3) is 2.56. The van der Waals surface area contributed by atoms with Gasteiger partial charge in [-0.3, -0.25) is 4.79 Å². The molecule has 1 aromatic rings. The van der Waals surface area contributed by atoms with Gasteiger partial charge in [0.2, 0.25) is 0 Å². The predicted molar refractivity (Wildman–Crippen MR) is 60.1 cm³/mol. The van der Waals surface area contributed by atoms with E-state index in [0.717, 1.165) is 11.1 Å². The monoisotopic (exact) mass is 188 g/mol. The van der Waals surface area contributed by atoms with Crippen LogP contribution >= 0.6 is 0 Å². The zero-order valence-electron chi connectivity index (χ0n) is 9.00. The molecule has 0 saturated carbocycles. The number of carbonyl (C=O) groups is 1. The highest BCUT2D eigenvalue weighted by molar-refractivity contribution is 5.96. The zero-order chi connectivity index (χ0) is 10.6. The van der Waals surface area contributed by atoms with Gasteiger partial charge in [-0.15, -0.1) is 0 Å². The Morgan fingerprint density at radius 2 is 2.00 bits per heavy atom. The lowest BCUT2D eigenvalue weighted by atomic mass is 10.0. The fourth-order valence-electron chi connectivity index (χ4n) is 1.44. The van der Waals surface area contributed by atoms with Crippen molar-refractivity contribution in [3.05, 3.63) is 41.5 Å². The molecule has 0 atom stereocenters. The topological polar surface area (TPSA) is 17.1 Å². The summed E-state index contributed by atoms with van der Waals surface area (Å²) in [6, 6.07) is 8.11. The van der Waals surface area contributed by atoms with Crippen molar-refractivity contribution in [3.63, 3.8) is 0 Å². The molecule has 0 aliphatic rings. The SMILES string of the molecule is CCC(=O)/C=C(/C)c1ccccc1C. The van der Waals surface area contributed by atoms with E-state index >= 15 is 0 Å². The van der Waals surface area contributed by atoms with E-state index in [1.165, 1.54) is 5.56 Å². The molecule has 0 radical (unpaired) electrons. The summed E-state index contributed by atoms with van der Waals surface area (Å²) < 4.78 is 0. The maximum atomic E-state index is 11.2. The lowest BCUT2D eigenvalue weighted by Crippen LogP contribution is -1.92. The molecule has 1 aromatic carbocycles. The van der Waals surface area contributed by atoms with Gasteiger partial charge in [-0.1, -0.05) is 31.2 Å². The molecule has 0 amide bonds. The molecular weight excluding hydrogens is 172 g/mol. The van der Waals surface area contributed by atoms with Gasteiger partial charge in [0.25, 0.3) is 0 Å². The highest BCUT2D eigenvalue weighted by Gasteiger charge is 2.00. The second-order valence-electron chi connectivity index (χ2n) is 3.46. The third-order valence-electron chi connectivity index (χ3n) is 2.30. The van der Waals surface area contributed by atoms with Crippen LogP contribution in [0.1, 0.15) is 31.4 Å². The van der Waals surface area contributed by atoms with Crippen molar-refractivity contribution in [1.29, 1.82) is 0 Å². The number of benzene rings is 1. The van der Waals surface area contributed by atoms with Crippen LogP contribution in [-0.4, -0.2) is 5.78 Å². The van der Waals surface area contributed by atoms with E-state index in [-0.39, 0.29) is 5.78 Å². The average Bonchev–Trinajstić information content (AvgIpc) is 2.18. The van der Waals surface area contributed by atoms with Crippen molar-refractivity contribution < 1.29 is 4.79 Å². The summed E-state index contributed by atoms with van der Waals surface area (Å²) in [5.41, 5.74) is 3.43. The Balaban J connectivity index is 3.00. The van der Waals surface area contributed by atoms with E-state index in [4.69, 9.17) is 0 Å². The first-order valence-electron chi connectivity index (χ1n) is 4.92. The summed E-state index contributed by atoms with van der Waals surface area (Å²) in [6.07, 6.45) is 2.30. The summed E-state index contributed by atoms with van der Waals surface area (Å²) in [5.74, 6) is 0.186. The molecule has 0 aromatic heterocycles. The lowest BCUT2D eigenvalue weighted by Gasteiger charge is -2.04. The Bertz CT molecular complexity index is 361. The standard InChI is InChI=1S/C13H16O/c1-4-12(14)9-11(3)13-8-6-5-7-10(13)2/h5-9H,4H2,1-3H3/b11-9-. The number of aryl methyl sites for hydroxylation is 1. The Kier molecular flexibility index (Phi) is 3.63. The molecule has 0 bridgehead atoms. The number of ketones is 1. The van der Waals surface area contributed by atoms with Crippen LogP contribution in [0.25, 0.3) is 5.57 Å². The number of carbonyl (C=O) groups excluding carboxylic acids is 1. The second kappa shape index (κ2) is 4.75. The third-order valence-corrected chi connectivity index (χ3v) is 2.30. The smallest absolute Gasteiger partial charge is 0.155 e. The van der Waals surface area contributed by atoms with Crippen LogP contribution < -0.4 is 0 Å². The predicted octanol–water partition coefficient (Wildman–Crippen LogP) is 3.38. The molecule has 1 heteroatoms. The van der Waals surface area contributed by atoms with E-state index in [1.807, 2.05) is 32.0 Å². The highest BCUT2D eigenvalue weighted by Crippen LogP contribution is 2.17. The van der Waals surface area contributed by atoms with Crippen LogP contribution in [0.5, 0.6) is 0 Å². The van der Waals surface area contributed by atoms with Gasteiger partial charge in [0, 0.05) is 6.42 Å². The maximum Gasteiger partial charge on any atom is 0.155 e. The molecule has 1 rings (SSSR count). The van der Waals surface area contributed by atoms with E-state index in [1.54, 1.807) is 6.08 Å². The van der Waals surface area contributed by atoms with E-state index in [9.17, 15) is 4.79 Å². The first kappa shape index (κ1) is 10.7. The highest BCUT2D eigenvalue weighted by atomic mass is 16.1. The molecule has 0 spiro atoms. The largest absolute Gasteiger partial charge is 0.295 e. The Morgan fingerprint density at radius 3 is 2.57 bits per heavy atom. The van der Waals surface area contributed by atoms with Crippen molar-refractivity contribution in [2.75, 3.05) is 0 Å². The average molecular weight is 188 g/mol. The van der Waals surface area contributed by atoms with E-state index < -0.39 is 0 Å². The van der Waals surface area contributed by atoms with Gasteiger partial charge in [0.05, 0.1) is 0 Å². The molecule has 14 heavy (non-hydrogen) atoms. The maximum absolute atomic E-state index is 11.2. The van der Waals surface area contributed by atoms with Crippen LogP contribution in [0, 0.1) is 6.92 Å². The summed E-state index contributed by atoms with van der Waals surface area (Å²) in [4.78, 5) is 11.2. The molecule has 0 saturated heterocycles. The van der Waals surface area contributed by atoms with E-state index in [0.29, 0.717) is 6.42 Å². The van der Waals surface area contributed by atoms with Gasteiger partial charge in [0.1, 0.15) is 0 Å². The Labute approximate surface area is 85.5 Å². The minimum Gasteiger partial charge on any atom is -0.295 e. The summed E-state index contributed by atoms with van der Waals surface area (Å²) in [5, 5.41) is 0. The summed E-state index contributed by atoms with van der Waals surface area (Å²) >= 11 is 0. The number of allylic oxidation sites excluding steroid dienone is 2. The molecule has 0 aliphatic carbocycles. The normalized spacial score (nSPS) is 11.5. The van der Waals surface area contributed by atoms with Crippen LogP contribution in [0.15, 0.2) is 30.3 Å². The molecule has 0 fully saturated rings. The van der Waals surface area contributed by atoms with Crippen LogP contribution in [-0.2, 0) is 4.79 Å². The van der Waals surface area contributed by atoms with Crippen molar-refractivity contribution in [2.24, 2.45) is 0 Å². The van der Waals surface area contributed by atoms with Crippen molar-refractivity contribution >= 4 is 11.4 Å². The summed E-state index contributed by atoms with van der Waals surface area (Å²) in [7, 11) is 0. The minimum absolute atomic E-state index is 0.186. The van der Waals surface area contributed by atoms with Crippen molar-refractivity contribution in [2.45, 2.75) is 27.2 Å². The molecule has 0 heterocycles. The molecule has 1 nitrogen and oxygen atoms in total. The first-order valence-corrected chi connectivity index (χ1v) is 4.92. The van der Waals surface area contributed by atoms with Gasteiger partial charge in [0.15, 0.2) is 5.78 Å². The molecular formula is C13H16O. The minimum atomic E-state index is 0.186. The van der Waals surface area contributed by atoms with E-state index in [2.05, 4.69) is 13.0 Å². The van der Waals surface area contributed by atoms with Crippen LogP contribution in [0.4, 0.5) is 0 Å². The Hall–Kier alpha value is -1.37. The van der Waals surface area contributed by atoms with Crippen molar-refractivity contribution in [3.8, 4) is 0 Å². The van der Waals surface area contributed by atoms with Gasteiger partial charge >= 0.3 is 0 Å². The molecule has 74 valence electrons. The quantitative estimate of drug-likeness (QED) is 0.664. The van der Waals surface area contributed by atoms with Crippen LogP contribution in [0.2, 0.25) is 0 Å². The lowest BCUT2D eigenvalue weighted by molar-refractivity contribution is -0.114. The van der Waals surface area contributed by atoms with Gasteiger partial charge in [-0.05, 0) is 36.6 Å². The number of hydrogen-bond acceptors (Lipinski definition) is 1. The Morgan fingerprint density at radius 1 is 1.36 bits per heavy atom. The van der Waals surface area contributed by atoms with Gasteiger partial charge < -0.3 is 0 Å². The van der Waals surface area contributed by atoms with Gasteiger partial charge in [-0.25, -0.2) is 0 Å². The fraction of sp³-hybridized carbons (Fsp3) is 0.308. The molecule has 0 N–H and O–H groups in total. The first-order chi connectivity index (χ1) is 6.65. The molecule has 0 aliphatic heterocycles. The second-order valence-corrected chi connectivity index (χ2v) is 3.46. The molecule has 0 unspecified atom stereocenters. The summed E-state index contributed by atoms with van der Waals surface area (Å²) in [6.45, 7) is 5.92. The number of rotatable bonds is 3. The fourth-order valence-corrected chi connectivity index (χ4v) is 1.44. The van der Waals surface area contributed by atoms with Crippen molar-refractivity contribution in [1.82, 2.24) is 0 Å².